The van der Waals surface area contributed by atoms with E-state index in [0.29, 0.717) is 0 Å². The lowest BCUT2D eigenvalue weighted by Crippen LogP contribution is -2.48. The Bertz CT molecular complexity index is 206. The number of hydrogen-bond acceptors (Lipinski definition) is 3. The molecule has 13 heavy (non-hydrogen) atoms. The zero-order chi connectivity index (χ0) is 10.1. The molecule has 0 bridgehead atoms. The second-order valence-corrected chi connectivity index (χ2v) is 2.80. The van der Waals surface area contributed by atoms with E-state index in [-0.39, 0.29) is 19.4 Å². The quantitative estimate of drug-likeness (QED) is 0.600. The maximum Gasteiger partial charge on any atom is 0.455 e. The van der Waals surface area contributed by atoms with Gasteiger partial charge in [-0.05, 0) is 6.42 Å². The smallest absolute Gasteiger partial charge is 0.423 e. The molecule has 0 aromatic heterocycles. The molecular formula is C7H9F3O3. The van der Waals surface area contributed by atoms with E-state index in [4.69, 9.17) is 0 Å². The summed E-state index contributed by atoms with van der Waals surface area (Å²) >= 11 is 0. The summed E-state index contributed by atoms with van der Waals surface area (Å²) in [5, 5.41) is 0. The molecule has 0 aromatic rings. The third-order valence-corrected chi connectivity index (χ3v) is 1.73. The first-order chi connectivity index (χ1) is 5.87. The van der Waals surface area contributed by atoms with Crippen LogP contribution in [0.5, 0.6) is 0 Å². The summed E-state index contributed by atoms with van der Waals surface area (Å²) in [6.45, 7) is 0.891. The SMILES string of the molecule is CC(=O)OC1(C(F)(F)F)CCCO1. The van der Waals surface area contributed by atoms with Crippen molar-refractivity contribution in [2.75, 3.05) is 6.61 Å². The van der Waals surface area contributed by atoms with Gasteiger partial charge in [0.05, 0.1) is 6.61 Å². The summed E-state index contributed by atoms with van der Waals surface area (Å²) in [5.74, 6) is -3.68. The molecule has 0 spiro atoms. The molecule has 1 fully saturated rings. The number of alkyl halides is 3. The molecule has 0 N–H and O–H groups in total. The second kappa shape index (κ2) is 3.17. The van der Waals surface area contributed by atoms with Crippen molar-refractivity contribution in [2.45, 2.75) is 31.7 Å². The second-order valence-electron chi connectivity index (χ2n) is 2.80. The van der Waals surface area contributed by atoms with Crippen LogP contribution in [0.25, 0.3) is 0 Å². The normalized spacial score (nSPS) is 28.9. The zero-order valence-corrected chi connectivity index (χ0v) is 6.98. The molecular weight excluding hydrogens is 189 g/mol. The van der Waals surface area contributed by atoms with Crippen LogP contribution < -0.4 is 0 Å². The Morgan fingerprint density at radius 1 is 1.54 bits per heavy atom. The van der Waals surface area contributed by atoms with Crippen LogP contribution in [0.1, 0.15) is 19.8 Å². The van der Waals surface area contributed by atoms with Crippen LogP contribution in [0.4, 0.5) is 13.2 Å². The third kappa shape index (κ3) is 1.93. The van der Waals surface area contributed by atoms with Gasteiger partial charge < -0.3 is 9.47 Å². The van der Waals surface area contributed by atoms with E-state index in [1.165, 1.54) is 0 Å². The highest BCUT2D eigenvalue weighted by Gasteiger charge is 2.61. The highest BCUT2D eigenvalue weighted by atomic mass is 19.4. The van der Waals surface area contributed by atoms with E-state index in [1.54, 1.807) is 0 Å². The average Bonchev–Trinajstić information content (AvgIpc) is 2.33. The lowest BCUT2D eigenvalue weighted by molar-refractivity contribution is -0.351. The Morgan fingerprint density at radius 2 is 2.15 bits per heavy atom. The van der Waals surface area contributed by atoms with Gasteiger partial charge in [0.15, 0.2) is 0 Å². The highest BCUT2D eigenvalue weighted by molar-refractivity contribution is 5.66. The van der Waals surface area contributed by atoms with Crippen LogP contribution in [-0.4, -0.2) is 24.5 Å². The summed E-state index contributed by atoms with van der Waals surface area (Å²) in [4.78, 5) is 10.4. The minimum Gasteiger partial charge on any atom is -0.423 e. The van der Waals surface area contributed by atoms with E-state index < -0.39 is 17.9 Å². The van der Waals surface area contributed by atoms with Crippen LogP contribution in [0, 0.1) is 0 Å². The monoisotopic (exact) mass is 198 g/mol. The molecule has 1 unspecified atom stereocenters. The van der Waals surface area contributed by atoms with Crippen LogP contribution >= 0.6 is 0 Å². The largest absolute Gasteiger partial charge is 0.455 e. The third-order valence-electron chi connectivity index (χ3n) is 1.73. The molecule has 1 aliphatic rings. The minimum atomic E-state index is -4.66. The van der Waals surface area contributed by atoms with E-state index in [1.807, 2.05) is 0 Å². The van der Waals surface area contributed by atoms with Gasteiger partial charge >= 0.3 is 17.9 Å². The van der Waals surface area contributed by atoms with Crippen LogP contribution in [0.2, 0.25) is 0 Å². The topological polar surface area (TPSA) is 35.5 Å². The Hall–Kier alpha value is -0.780. The molecule has 0 amide bonds. The Morgan fingerprint density at radius 3 is 2.46 bits per heavy atom. The summed E-state index contributed by atoms with van der Waals surface area (Å²) in [6.07, 6.45) is -4.74. The van der Waals surface area contributed by atoms with E-state index in [0.717, 1.165) is 6.92 Å². The van der Waals surface area contributed by atoms with Crippen molar-refractivity contribution in [3.8, 4) is 0 Å². The zero-order valence-electron chi connectivity index (χ0n) is 6.98. The minimum absolute atomic E-state index is 0.0349. The molecule has 0 aromatic carbocycles. The predicted octanol–water partition coefficient (Wildman–Crippen LogP) is 1.62. The number of rotatable bonds is 1. The summed E-state index contributed by atoms with van der Waals surface area (Å²) in [7, 11) is 0. The summed E-state index contributed by atoms with van der Waals surface area (Å²) in [6, 6.07) is 0. The average molecular weight is 198 g/mol. The van der Waals surface area contributed by atoms with Gasteiger partial charge in [-0.25, -0.2) is 0 Å². The lowest BCUT2D eigenvalue weighted by atomic mass is 10.2. The number of carbonyl (C=O) groups is 1. The molecule has 76 valence electrons. The fourth-order valence-corrected chi connectivity index (χ4v) is 1.21. The van der Waals surface area contributed by atoms with Crippen molar-refractivity contribution in [2.24, 2.45) is 0 Å². The molecule has 1 saturated heterocycles. The molecule has 1 aliphatic heterocycles. The maximum absolute atomic E-state index is 12.4. The van der Waals surface area contributed by atoms with Crippen molar-refractivity contribution in [1.29, 1.82) is 0 Å². The van der Waals surface area contributed by atoms with Crippen molar-refractivity contribution in [1.82, 2.24) is 0 Å². The van der Waals surface area contributed by atoms with Crippen LogP contribution in [0.15, 0.2) is 0 Å². The van der Waals surface area contributed by atoms with Crippen molar-refractivity contribution >= 4 is 5.97 Å². The molecule has 1 rings (SSSR count). The summed E-state index contributed by atoms with van der Waals surface area (Å²) in [5.41, 5.74) is 0. The van der Waals surface area contributed by atoms with Gasteiger partial charge in [-0.1, -0.05) is 0 Å². The van der Waals surface area contributed by atoms with Gasteiger partial charge in [-0.15, -0.1) is 0 Å². The van der Waals surface area contributed by atoms with E-state index >= 15 is 0 Å². The van der Waals surface area contributed by atoms with Crippen molar-refractivity contribution < 1.29 is 27.4 Å². The fraction of sp³-hybridized carbons (Fsp3) is 0.857. The summed E-state index contributed by atoms with van der Waals surface area (Å²) < 4.78 is 45.7. The van der Waals surface area contributed by atoms with Gasteiger partial charge in [0.1, 0.15) is 0 Å². The van der Waals surface area contributed by atoms with Crippen molar-refractivity contribution in [3.05, 3.63) is 0 Å². The number of hydrogen-bond donors (Lipinski definition) is 0. The number of halogens is 3. The molecule has 6 heteroatoms. The number of ether oxygens (including phenoxy) is 2. The standard InChI is InChI=1S/C7H9F3O3/c1-5(11)13-6(7(8,9)10)3-2-4-12-6/h2-4H2,1H3. The highest BCUT2D eigenvalue weighted by Crippen LogP contribution is 2.41. The van der Waals surface area contributed by atoms with Gasteiger partial charge in [0.2, 0.25) is 0 Å². The van der Waals surface area contributed by atoms with Gasteiger partial charge in [-0.3, -0.25) is 4.79 Å². The first-order valence-corrected chi connectivity index (χ1v) is 3.78. The lowest BCUT2D eigenvalue weighted by Gasteiger charge is -2.29. The molecule has 3 nitrogen and oxygen atoms in total. The van der Waals surface area contributed by atoms with Gasteiger partial charge in [-0.2, -0.15) is 13.2 Å². The van der Waals surface area contributed by atoms with Crippen LogP contribution in [0.3, 0.4) is 0 Å². The number of esters is 1. The van der Waals surface area contributed by atoms with Gasteiger partial charge in [0, 0.05) is 13.3 Å². The predicted molar refractivity (Wildman–Crippen MR) is 35.7 cm³/mol. The molecule has 1 atom stereocenters. The van der Waals surface area contributed by atoms with E-state index in [9.17, 15) is 18.0 Å². The Labute approximate surface area is 72.8 Å². The van der Waals surface area contributed by atoms with Gasteiger partial charge in [0.25, 0.3) is 0 Å². The fourth-order valence-electron chi connectivity index (χ4n) is 1.21. The molecule has 1 heterocycles. The number of carbonyl (C=O) groups excluding carboxylic acids is 1. The molecule has 0 radical (unpaired) electrons. The molecule has 0 aliphatic carbocycles. The maximum atomic E-state index is 12.4. The first kappa shape index (κ1) is 10.3. The van der Waals surface area contributed by atoms with E-state index in [2.05, 4.69) is 9.47 Å². The van der Waals surface area contributed by atoms with Crippen molar-refractivity contribution in [3.63, 3.8) is 0 Å². The molecule has 0 saturated carbocycles. The Balaban J connectivity index is 2.81. The Kier molecular flexibility index (Phi) is 2.51. The first-order valence-electron chi connectivity index (χ1n) is 3.78. The van der Waals surface area contributed by atoms with Crippen LogP contribution in [-0.2, 0) is 14.3 Å².